The molecule has 0 radical (unpaired) electrons. The maximum absolute atomic E-state index is 5.77. The Kier molecular flexibility index (Phi) is 4.15. The summed E-state index contributed by atoms with van der Waals surface area (Å²) in [5.41, 5.74) is 2.90. The first kappa shape index (κ1) is 15.1. The van der Waals surface area contributed by atoms with Gasteiger partial charge in [0.05, 0.1) is 31.2 Å². The Bertz CT molecular complexity index is 816. The molecule has 124 valence electrons. The normalized spacial score (nSPS) is 18.2. The second-order valence-corrected chi connectivity index (χ2v) is 5.86. The highest BCUT2D eigenvalue weighted by atomic mass is 16.5. The van der Waals surface area contributed by atoms with E-state index in [1.807, 2.05) is 28.8 Å². The van der Waals surface area contributed by atoms with Crippen LogP contribution in [0.15, 0.2) is 48.7 Å². The number of anilines is 1. The first-order valence-corrected chi connectivity index (χ1v) is 8.11. The van der Waals surface area contributed by atoms with Crippen LogP contribution in [0, 0.1) is 0 Å². The average Bonchev–Trinajstić information content (AvgIpc) is 3.11. The molecule has 1 atom stereocenters. The molecule has 3 aromatic rings. The highest BCUT2D eigenvalue weighted by molar-refractivity contribution is 5.66. The van der Waals surface area contributed by atoms with Gasteiger partial charge in [0.15, 0.2) is 5.65 Å². The van der Waals surface area contributed by atoms with Crippen LogP contribution in [-0.2, 0) is 9.47 Å². The fourth-order valence-electron chi connectivity index (χ4n) is 3.09. The van der Waals surface area contributed by atoms with Gasteiger partial charge in [0.2, 0.25) is 0 Å². The molecule has 1 aliphatic heterocycles. The molecule has 1 aliphatic rings. The van der Waals surface area contributed by atoms with Crippen LogP contribution in [0.5, 0.6) is 0 Å². The van der Waals surface area contributed by atoms with Crippen LogP contribution >= 0.6 is 0 Å². The van der Waals surface area contributed by atoms with Crippen LogP contribution in [-0.4, -0.2) is 54.1 Å². The molecule has 2 aromatic heterocycles. The summed E-state index contributed by atoms with van der Waals surface area (Å²) in [5, 5.41) is 4.44. The zero-order valence-corrected chi connectivity index (χ0v) is 13.6. The van der Waals surface area contributed by atoms with Gasteiger partial charge in [0, 0.05) is 37.9 Å². The van der Waals surface area contributed by atoms with Gasteiger partial charge in [-0.2, -0.15) is 9.61 Å². The summed E-state index contributed by atoms with van der Waals surface area (Å²) < 4.78 is 12.9. The average molecular weight is 324 g/mol. The number of benzene rings is 1. The minimum absolute atomic E-state index is 0.0719. The maximum Gasteiger partial charge on any atom is 0.157 e. The largest absolute Gasteiger partial charge is 0.382 e. The monoisotopic (exact) mass is 324 g/mol. The van der Waals surface area contributed by atoms with Gasteiger partial charge < -0.3 is 14.4 Å². The first-order chi connectivity index (χ1) is 11.8. The summed E-state index contributed by atoms with van der Waals surface area (Å²) >= 11 is 0. The van der Waals surface area contributed by atoms with Crippen molar-refractivity contribution in [3.8, 4) is 11.3 Å². The van der Waals surface area contributed by atoms with Gasteiger partial charge in [-0.3, -0.25) is 0 Å². The van der Waals surface area contributed by atoms with E-state index in [1.165, 1.54) is 0 Å². The van der Waals surface area contributed by atoms with E-state index in [2.05, 4.69) is 28.2 Å². The van der Waals surface area contributed by atoms with E-state index in [4.69, 9.17) is 14.5 Å². The van der Waals surface area contributed by atoms with Gasteiger partial charge in [-0.05, 0) is 0 Å². The Morgan fingerprint density at radius 3 is 2.96 bits per heavy atom. The second kappa shape index (κ2) is 6.59. The second-order valence-electron chi connectivity index (χ2n) is 5.86. The Hall–Kier alpha value is -2.44. The number of fused-ring (bicyclic) bond motifs is 1. The molecule has 0 unspecified atom stereocenters. The topological polar surface area (TPSA) is 51.9 Å². The summed E-state index contributed by atoms with van der Waals surface area (Å²) in [6.07, 6.45) is 1.86. The van der Waals surface area contributed by atoms with E-state index >= 15 is 0 Å². The van der Waals surface area contributed by atoms with Crippen LogP contribution in [0.25, 0.3) is 16.9 Å². The van der Waals surface area contributed by atoms with Crippen molar-refractivity contribution in [1.29, 1.82) is 0 Å². The van der Waals surface area contributed by atoms with Crippen molar-refractivity contribution in [2.24, 2.45) is 0 Å². The fourth-order valence-corrected chi connectivity index (χ4v) is 3.09. The number of nitrogens with zero attached hydrogens (tertiary/aromatic N) is 4. The molecule has 1 fully saturated rings. The van der Waals surface area contributed by atoms with E-state index in [0.717, 1.165) is 35.8 Å². The molecule has 1 saturated heterocycles. The van der Waals surface area contributed by atoms with E-state index in [1.54, 1.807) is 13.3 Å². The molecule has 0 spiro atoms. The smallest absolute Gasteiger partial charge is 0.157 e. The predicted octanol–water partition coefficient (Wildman–Crippen LogP) is 2.25. The van der Waals surface area contributed by atoms with Crippen LogP contribution in [0.1, 0.15) is 0 Å². The zero-order chi connectivity index (χ0) is 16.4. The van der Waals surface area contributed by atoms with Crippen LogP contribution < -0.4 is 4.90 Å². The molecule has 6 heteroatoms. The summed E-state index contributed by atoms with van der Waals surface area (Å²) in [7, 11) is 1.70. The number of rotatable bonds is 4. The molecule has 1 aromatic carbocycles. The molecule has 0 saturated carbocycles. The molecular formula is C18H20N4O2. The molecular weight excluding hydrogens is 304 g/mol. The van der Waals surface area contributed by atoms with Gasteiger partial charge in [-0.25, -0.2) is 4.98 Å². The summed E-state index contributed by atoms with van der Waals surface area (Å²) in [6.45, 7) is 2.88. The van der Waals surface area contributed by atoms with Gasteiger partial charge in [-0.15, -0.1) is 0 Å². The third-order valence-corrected chi connectivity index (χ3v) is 4.23. The van der Waals surface area contributed by atoms with E-state index < -0.39 is 0 Å². The SMILES string of the molecule is COC[C@H]1CN(c2cc(-c3ccccc3)nc3ccnn23)CCO1. The molecule has 6 nitrogen and oxygen atoms in total. The van der Waals surface area contributed by atoms with Crippen molar-refractivity contribution in [3.05, 3.63) is 48.7 Å². The predicted molar refractivity (Wildman–Crippen MR) is 92.3 cm³/mol. The van der Waals surface area contributed by atoms with Gasteiger partial charge >= 0.3 is 0 Å². The number of methoxy groups -OCH3 is 1. The molecule has 0 N–H and O–H groups in total. The lowest BCUT2D eigenvalue weighted by Gasteiger charge is -2.34. The minimum atomic E-state index is 0.0719. The molecule has 0 aliphatic carbocycles. The van der Waals surface area contributed by atoms with Crippen molar-refractivity contribution >= 4 is 11.5 Å². The Balaban J connectivity index is 1.75. The zero-order valence-electron chi connectivity index (χ0n) is 13.6. The van der Waals surface area contributed by atoms with Crippen molar-refractivity contribution in [3.63, 3.8) is 0 Å². The molecule has 0 amide bonds. The van der Waals surface area contributed by atoms with Crippen molar-refractivity contribution < 1.29 is 9.47 Å². The minimum Gasteiger partial charge on any atom is -0.382 e. The standard InChI is InChI=1S/C18H20N4O2/c1-23-13-15-12-21(9-10-24-15)18-11-16(14-5-3-2-4-6-14)20-17-7-8-19-22(17)18/h2-8,11,15H,9-10,12-13H2,1H3/t15-/m1/s1. The number of hydrogen-bond donors (Lipinski definition) is 0. The third kappa shape index (κ3) is 2.86. The summed E-state index contributed by atoms with van der Waals surface area (Å²) in [4.78, 5) is 7.03. The lowest BCUT2D eigenvalue weighted by molar-refractivity contribution is -0.0103. The lowest BCUT2D eigenvalue weighted by Crippen LogP contribution is -2.45. The van der Waals surface area contributed by atoms with E-state index in [9.17, 15) is 0 Å². The first-order valence-electron chi connectivity index (χ1n) is 8.11. The van der Waals surface area contributed by atoms with Gasteiger partial charge in [-0.1, -0.05) is 30.3 Å². The van der Waals surface area contributed by atoms with Crippen LogP contribution in [0.3, 0.4) is 0 Å². The van der Waals surface area contributed by atoms with Crippen LogP contribution in [0.2, 0.25) is 0 Å². The number of morpholine rings is 1. The number of hydrogen-bond acceptors (Lipinski definition) is 5. The summed E-state index contributed by atoms with van der Waals surface area (Å²) in [6, 6.07) is 14.3. The van der Waals surface area contributed by atoms with Crippen molar-refractivity contribution in [1.82, 2.24) is 14.6 Å². The van der Waals surface area contributed by atoms with Crippen LogP contribution in [0.4, 0.5) is 5.82 Å². The molecule has 0 bridgehead atoms. The Morgan fingerprint density at radius 1 is 1.25 bits per heavy atom. The van der Waals surface area contributed by atoms with Crippen molar-refractivity contribution in [2.45, 2.75) is 6.10 Å². The number of aromatic nitrogens is 3. The number of ether oxygens (including phenoxy) is 2. The van der Waals surface area contributed by atoms with Crippen molar-refractivity contribution in [2.75, 3.05) is 38.3 Å². The lowest BCUT2D eigenvalue weighted by atomic mass is 10.1. The molecule has 4 rings (SSSR count). The van der Waals surface area contributed by atoms with E-state index in [-0.39, 0.29) is 6.10 Å². The van der Waals surface area contributed by atoms with Gasteiger partial charge in [0.25, 0.3) is 0 Å². The third-order valence-electron chi connectivity index (χ3n) is 4.23. The maximum atomic E-state index is 5.77. The quantitative estimate of drug-likeness (QED) is 0.737. The molecule has 3 heterocycles. The Morgan fingerprint density at radius 2 is 2.12 bits per heavy atom. The highest BCUT2D eigenvalue weighted by Gasteiger charge is 2.23. The van der Waals surface area contributed by atoms with Gasteiger partial charge in [0.1, 0.15) is 5.82 Å². The molecule has 24 heavy (non-hydrogen) atoms. The highest BCUT2D eigenvalue weighted by Crippen LogP contribution is 2.25. The fraction of sp³-hybridized carbons (Fsp3) is 0.333. The summed E-state index contributed by atoms with van der Waals surface area (Å²) in [5.74, 6) is 1.04. The van der Waals surface area contributed by atoms with E-state index in [0.29, 0.717) is 13.2 Å². The Labute approximate surface area is 140 Å².